The van der Waals surface area contributed by atoms with Crippen LogP contribution in [0.4, 0.5) is 0 Å². The Labute approximate surface area is 198 Å². The van der Waals surface area contributed by atoms with Gasteiger partial charge in [0.2, 0.25) is 0 Å². The highest BCUT2D eigenvalue weighted by molar-refractivity contribution is 7.98. The smallest absolute Gasteiger partial charge is 0.310 e. The third-order valence-electron chi connectivity index (χ3n) is 5.48. The van der Waals surface area contributed by atoms with Crippen LogP contribution in [0, 0.1) is 6.92 Å². The summed E-state index contributed by atoms with van der Waals surface area (Å²) in [5.74, 6) is -0.202. The molecule has 32 heavy (non-hydrogen) atoms. The fraction of sp³-hybridized carbons (Fsp3) is 0.296. The second kappa shape index (κ2) is 8.84. The van der Waals surface area contributed by atoms with E-state index in [4.69, 9.17) is 16.3 Å². The molecule has 0 radical (unpaired) electrons. The first kappa shape index (κ1) is 22.8. The van der Waals surface area contributed by atoms with Gasteiger partial charge in [0.1, 0.15) is 5.60 Å². The fourth-order valence-corrected chi connectivity index (χ4v) is 5.24. The first-order valence-corrected chi connectivity index (χ1v) is 12.3. The van der Waals surface area contributed by atoms with Gasteiger partial charge in [0, 0.05) is 32.8 Å². The molecule has 1 heterocycles. The Morgan fingerprint density at radius 3 is 2.44 bits per heavy atom. The predicted octanol–water partition coefficient (Wildman–Crippen LogP) is 7.41. The van der Waals surface area contributed by atoms with Gasteiger partial charge in [-0.1, -0.05) is 48.0 Å². The van der Waals surface area contributed by atoms with Gasteiger partial charge in [-0.15, -0.1) is 11.8 Å². The second-order valence-corrected chi connectivity index (χ2v) is 10.4. The van der Waals surface area contributed by atoms with Crippen molar-refractivity contribution in [1.82, 2.24) is 4.57 Å². The molecule has 0 saturated heterocycles. The van der Waals surface area contributed by atoms with Crippen LogP contribution in [0.5, 0.6) is 0 Å². The number of aryl methyl sites for hydroxylation is 1. The maximum Gasteiger partial charge on any atom is 0.310 e. The molecule has 4 rings (SSSR count). The number of nitrogens with zero attached hydrogens (tertiary/aromatic N) is 1. The minimum absolute atomic E-state index is 0.202. The Morgan fingerprint density at radius 1 is 1.09 bits per heavy atom. The first-order valence-electron chi connectivity index (χ1n) is 10.7. The lowest BCUT2D eigenvalue weighted by molar-refractivity contribution is -0.153. The summed E-state index contributed by atoms with van der Waals surface area (Å²) in [7, 11) is 0. The molecule has 0 fully saturated rings. The Kier molecular flexibility index (Phi) is 6.28. The number of para-hydroxylation sites is 1. The van der Waals surface area contributed by atoms with E-state index < -0.39 is 5.60 Å². The zero-order valence-corrected chi connectivity index (χ0v) is 20.7. The van der Waals surface area contributed by atoms with Crippen LogP contribution in [0.2, 0.25) is 5.02 Å². The van der Waals surface area contributed by atoms with E-state index in [2.05, 4.69) is 60.2 Å². The van der Waals surface area contributed by atoms with Crippen LogP contribution in [0.25, 0.3) is 21.8 Å². The second-order valence-electron chi connectivity index (χ2n) is 9.10. The Bertz CT molecular complexity index is 1300. The Balaban J connectivity index is 1.93. The van der Waals surface area contributed by atoms with Crippen molar-refractivity contribution in [3.63, 3.8) is 0 Å². The number of carbonyl (C=O) groups excluding carboxylic acids is 1. The van der Waals surface area contributed by atoms with Gasteiger partial charge in [-0.25, -0.2) is 0 Å². The molecule has 1 aromatic heterocycles. The Morgan fingerprint density at radius 2 is 1.78 bits per heavy atom. The topological polar surface area (TPSA) is 31.2 Å². The monoisotopic (exact) mass is 465 g/mol. The van der Waals surface area contributed by atoms with Crippen LogP contribution in [0.1, 0.15) is 37.5 Å². The van der Waals surface area contributed by atoms with E-state index in [1.165, 1.54) is 32.9 Å². The molecule has 0 saturated carbocycles. The summed E-state index contributed by atoms with van der Waals surface area (Å²) >= 11 is 7.80. The lowest BCUT2D eigenvalue weighted by Gasteiger charge is -2.20. The van der Waals surface area contributed by atoms with Crippen molar-refractivity contribution in [1.29, 1.82) is 0 Å². The van der Waals surface area contributed by atoms with Crippen molar-refractivity contribution < 1.29 is 9.53 Å². The molecular weight excluding hydrogens is 438 g/mol. The molecule has 0 N–H and O–H groups in total. The van der Waals surface area contributed by atoms with Crippen LogP contribution in [-0.2, 0) is 22.5 Å². The van der Waals surface area contributed by atoms with Gasteiger partial charge in [-0.05, 0) is 68.8 Å². The highest BCUT2D eigenvalue weighted by Gasteiger charge is 2.22. The molecule has 0 aliphatic carbocycles. The lowest BCUT2D eigenvalue weighted by atomic mass is 10.0. The predicted molar refractivity (Wildman–Crippen MR) is 136 cm³/mol. The lowest BCUT2D eigenvalue weighted by Crippen LogP contribution is -2.25. The number of ether oxygens (including phenoxy) is 1. The summed E-state index contributed by atoms with van der Waals surface area (Å²) in [5.41, 5.74) is 5.22. The number of esters is 1. The molecule has 0 aliphatic rings. The average Bonchev–Trinajstić information content (AvgIpc) is 3.03. The molecule has 5 heteroatoms. The molecule has 4 aromatic rings. The van der Waals surface area contributed by atoms with Crippen molar-refractivity contribution in [3.8, 4) is 0 Å². The molecule has 0 spiro atoms. The minimum Gasteiger partial charge on any atom is -0.460 e. The van der Waals surface area contributed by atoms with Crippen molar-refractivity contribution in [2.75, 3.05) is 6.26 Å². The van der Waals surface area contributed by atoms with Gasteiger partial charge in [0.15, 0.2) is 0 Å². The highest BCUT2D eigenvalue weighted by atomic mass is 35.5. The number of rotatable bonds is 5. The van der Waals surface area contributed by atoms with Crippen molar-refractivity contribution in [2.45, 2.75) is 51.2 Å². The Hall–Kier alpha value is -2.43. The minimum atomic E-state index is -0.501. The van der Waals surface area contributed by atoms with Crippen molar-refractivity contribution in [3.05, 3.63) is 76.3 Å². The molecule has 0 atom stereocenters. The van der Waals surface area contributed by atoms with Gasteiger partial charge in [0.25, 0.3) is 0 Å². The van der Waals surface area contributed by atoms with Crippen LogP contribution < -0.4 is 0 Å². The number of halogens is 1. The summed E-state index contributed by atoms with van der Waals surface area (Å²) in [6, 6.07) is 18.7. The van der Waals surface area contributed by atoms with E-state index in [-0.39, 0.29) is 12.4 Å². The maximum atomic E-state index is 12.7. The molecule has 0 aliphatic heterocycles. The van der Waals surface area contributed by atoms with Crippen LogP contribution in [-0.4, -0.2) is 22.4 Å². The number of benzene rings is 3. The van der Waals surface area contributed by atoms with E-state index in [0.717, 1.165) is 22.0 Å². The molecule has 3 aromatic carbocycles. The summed E-state index contributed by atoms with van der Waals surface area (Å²) < 4.78 is 7.99. The first-order chi connectivity index (χ1) is 15.2. The molecular formula is C27H28ClNO2S. The van der Waals surface area contributed by atoms with E-state index in [1.54, 1.807) is 11.8 Å². The number of carbonyl (C=O) groups is 1. The molecule has 0 amide bonds. The molecule has 0 bridgehead atoms. The van der Waals surface area contributed by atoms with Gasteiger partial charge in [0.05, 0.1) is 11.9 Å². The van der Waals surface area contributed by atoms with Crippen LogP contribution >= 0.6 is 23.4 Å². The van der Waals surface area contributed by atoms with Gasteiger partial charge in [-0.3, -0.25) is 4.79 Å². The van der Waals surface area contributed by atoms with E-state index in [1.807, 2.05) is 32.9 Å². The zero-order valence-electron chi connectivity index (χ0n) is 19.2. The quantitative estimate of drug-likeness (QED) is 0.227. The van der Waals surface area contributed by atoms with Crippen molar-refractivity contribution in [2.24, 2.45) is 0 Å². The summed E-state index contributed by atoms with van der Waals surface area (Å²) in [4.78, 5) is 13.8. The SMILES string of the molecule is CSc1c(CC(=O)OC(C)(C)C)cc(C)c2c3ccccc3n(Cc3ccc(Cl)cc3)c12. The summed E-state index contributed by atoms with van der Waals surface area (Å²) in [6.07, 6.45) is 2.33. The number of hydrogen-bond acceptors (Lipinski definition) is 3. The van der Waals surface area contributed by atoms with Crippen LogP contribution in [0.15, 0.2) is 59.5 Å². The third-order valence-corrected chi connectivity index (χ3v) is 6.59. The third kappa shape index (κ3) is 4.53. The van der Waals surface area contributed by atoms with E-state index in [9.17, 15) is 4.79 Å². The number of aromatic nitrogens is 1. The average molecular weight is 466 g/mol. The number of hydrogen-bond donors (Lipinski definition) is 0. The van der Waals surface area contributed by atoms with Gasteiger partial charge >= 0.3 is 5.97 Å². The van der Waals surface area contributed by atoms with Crippen molar-refractivity contribution >= 4 is 51.1 Å². The molecule has 166 valence electrons. The fourth-order valence-electron chi connectivity index (χ4n) is 4.32. The summed E-state index contributed by atoms with van der Waals surface area (Å²) in [6.45, 7) is 8.56. The van der Waals surface area contributed by atoms with E-state index >= 15 is 0 Å². The maximum absolute atomic E-state index is 12.7. The molecule has 3 nitrogen and oxygen atoms in total. The summed E-state index contributed by atoms with van der Waals surface area (Å²) in [5, 5.41) is 3.20. The van der Waals surface area contributed by atoms with Gasteiger partial charge < -0.3 is 9.30 Å². The van der Waals surface area contributed by atoms with E-state index in [0.29, 0.717) is 0 Å². The van der Waals surface area contributed by atoms with Gasteiger partial charge in [-0.2, -0.15) is 0 Å². The van der Waals surface area contributed by atoms with Crippen LogP contribution in [0.3, 0.4) is 0 Å². The number of thioether (sulfide) groups is 1. The largest absolute Gasteiger partial charge is 0.460 e. The molecule has 0 unspecified atom stereocenters. The highest BCUT2D eigenvalue weighted by Crippen LogP contribution is 2.40. The number of fused-ring (bicyclic) bond motifs is 3. The zero-order chi connectivity index (χ0) is 23.0. The normalized spacial score (nSPS) is 11.9. The standard InChI is InChI=1S/C27H28ClNO2S/c1-17-14-19(15-23(30)31-27(2,3)4)26(32-5)25-24(17)21-8-6-7-9-22(21)29(25)16-18-10-12-20(28)13-11-18/h6-14H,15-16H2,1-5H3.